The van der Waals surface area contributed by atoms with Crippen LogP contribution in [0.1, 0.15) is 11.4 Å². The zero-order chi connectivity index (χ0) is 19.7. The van der Waals surface area contributed by atoms with Gasteiger partial charge in [0.25, 0.3) is 0 Å². The van der Waals surface area contributed by atoms with Crippen LogP contribution in [0.2, 0.25) is 12.1 Å². The highest BCUT2D eigenvalue weighted by Crippen LogP contribution is 2.30. The van der Waals surface area contributed by atoms with Crippen LogP contribution in [0.4, 0.5) is 13.2 Å². The summed E-state index contributed by atoms with van der Waals surface area (Å²) >= 11 is 0. The van der Waals surface area contributed by atoms with Gasteiger partial charge in [-0.3, -0.25) is 4.90 Å². The van der Waals surface area contributed by atoms with Crippen molar-refractivity contribution in [2.75, 3.05) is 39.4 Å². The minimum Gasteiger partial charge on any atom is -0.380 e. The Morgan fingerprint density at radius 3 is 2.56 bits per heavy atom. The molecule has 1 atom stereocenters. The lowest BCUT2D eigenvalue weighted by Gasteiger charge is -2.38. The van der Waals surface area contributed by atoms with Crippen LogP contribution < -0.4 is 0 Å². The summed E-state index contributed by atoms with van der Waals surface area (Å²) in [6, 6.07) is 4.18. The fourth-order valence-electron chi connectivity index (χ4n) is 3.35. The van der Waals surface area contributed by atoms with Gasteiger partial charge >= 0.3 is 6.18 Å². The molecule has 0 amide bonds. The molecule has 11 heteroatoms. The van der Waals surface area contributed by atoms with Gasteiger partial charge in [-0.25, -0.2) is 13.4 Å². The number of pyridine rings is 1. The van der Waals surface area contributed by atoms with E-state index < -0.39 is 21.9 Å². The van der Waals surface area contributed by atoms with Crippen molar-refractivity contribution in [2.45, 2.75) is 36.1 Å². The first-order chi connectivity index (χ1) is 12.7. The molecule has 1 aromatic heterocycles. The van der Waals surface area contributed by atoms with Crippen LogP contribution in [-0.4, -0.2) is 77.6 Å². The smallest absolute Gasteiger partial charge is 0.380 e. The zero-order valence-corrected chi connectivity index (χ0v) is 16.8. The Balaban J connectivity index is 1.70. The van der Waals surface area contributed by atoms with Crippen molar-refractivity contribution in [3.05, 3.63) is 23.5 Å². The highest BCUT2D eigenvalue weighted by atomic mass is 32.2. The lowest BCUT2D eigenvalue weighted by atomic mass is 10.2. The number of rotatable bonds is 3. The van der Waals surface area contributed by atoms with Crippen molar-refractivity contribution in [1.29, 1.82) is 0 Å². The van der Waals surface area contributed by atoms with Crippen LogP contribution in [0.25, 0.3) is 0 Å². The summed E-state index contributed by atoms with van der Waals surface area (Å²) in [4.78, 5) is 5.54. The van der Waals surface area contributed by atoms with E-state index in [9.17, 15) is 21.6 Å². The van der Waals surface area contributed by atoms with Crippen molar-refractivity contribution < 1.29 is 26.3 Å². The highest BCUT2D eigenvalue weighted by Gasteiger charge is 2.36. The van der Waals surface area contributed by atoms with E-state index in [0.29, 0.717) is 38.8 Å². The molecule has 2 aliphatic rings. The van der Waals surface area contributed by atoms with Crippen LogP contribution in [0.5, 0.6) is 0 Å². The lowest BCUT2D eigenvalue weighted by Crippen LogP contribution is -2.52. The molecule has 27 heavy (non-hydrogen) atoms. The van der Waals surface area contributed by atoms with Gasteiger partial charge in [0, 0.05) is 48.3 Å². The van der Waals surface area contributed by atoms with Crippen molar-refractivity contribution >= 4 is 19.5 Å². The normalized spacial score (nSPS) is 23.9. The molecule has 1 aromatic rings. The SMILES string of the molecule is Cc1nc(C(F)(F)F)ccc1S(=O)(=O)N1CCN(C2COCC[Si]C2)CC1. The first-order valence-corrected chi connectivity index (χ1v) is 11.6. The second kappa shape index (κ2) is 8.16. The van der Waals surface area contributed by atoms with E-state index in [1.54, 1.807) is 0 Å². The molecule has 0 aromatic carbocycles. The summed E-state index contributed by atoms with van der Waals surface area (Å²) in [5.41, 5.74) is -1.22. The molecule has 3 rings (SSSR count). The summed E-state index contributed by atoms with van der Waals surface area (Å²) in [6.07, 6.45) is -4.60. The number of hydrogen-bond donors (Lipinski definition) is 0. The molecular weight excluding hydrogens is 399 g/mol. The number of aromatic nitrogens is 1. The van der Waals surface area contributed by atoms with Crippen LogP contribution >= 0.6 is 0 Å². The summed E-state index contributed by atoms with van der Waals surface area (Å²) in [7, 11) is -3.02. The molecule has 2 aliphatic heterocycles. The maximum atomic E-state index is 12.9. The molecular formula is C16H22F3N3O3SSi. The third-order valence-corrected chi connectivity index (χ3v) is 8.20. The van der Waals surface area contributed by atoms with E-state index in [0.717, 1.165) is 40.3 Å². The minimum atomic E-state index is -4.60. The third-order valence-electron chi connectivity index (χ3n) is 4.85. The average molecular weight is 422 g/mol. The van der Waals surface area contributed by atoms with E-state index in [2.05, 4.69) is 9.88 Å². The van der Waals surface area contributed by atoms with E-state index in [1.165, 1.54) is 11.2 Å². The Morgan fingerprint density at radius 1 is 1.22 bits per heavy atom. The van der Waals surface area contributed by atoms with Crippen LogP contribution in [0.3, 0.4) is 0 Å². The van der Waals surface area contributed by atoms with Gasteiger partial charge in [-0.15, -0.1) is 0 Å². The quantitative estimate of drug-likeness (QED) is 0.695. The molecule has 2 fully saturated rings. The van der Waals surface area contributed by atoms with Gasteiger partial charge in [-0.1, -0.05) is 0 Å². The number of hydrogen-bond acceptors (Lipinski definition) is 5. The molecule has 0 aliphatic carbocycles. The number of alkyl halides is 3. The van der Waals surface area contributed by atoms with Crippen LogP contribution in [0.15, 0.2) is 17.0 Å². The van der Waals surface area contributed by atoms with Gasteiger partial charge in [0.1, 0.15) is 10.6 Å². The Labute approximate surface area is 159 Å². The first-order valence-electron chi connectivity index (χ1n) is 8.77. The third kappa shape index (κ3) is 4.70. The van der Waals surface area contributed by atoms with Crippen molar-refractivity contribution in [2.24, 2.45) is 0 Å². The summed E-state index contributed by atoms with van der Waals surface area (Å²) < 4.78 is 71.0. The summed E-state index contributed by atoms with van der Waals surface area (Å²) in [5, 5.41) is 0. The number of ether oxygens (including phenoxy) is 1. The van der Waals surface area contributed by atoms with Gasteiger partial charge in [0.15, 0.2) is 0 Å². The average Bonchev–Trinajstić information content (AvgIpc) is 2.90. The Morgan fingerprint density at radius 2 is 1.93 bits per heavy atom. The molecule has 0 saturated carbocycles. The maximum absolute atomic E-state index is 12.9. The van der Waals surface area contributed by atoms with Crippen LogP contribution in [0, 0.1) is 6.92 Å². The largest absolute Gasteiger partial charge is 0.433 e. The van der Waals surface area contributed by atoms with Gasteiger partial charge in [-0.2, -0.15) is 17.5 Å². The molecule has 6 nitrogen and oxygen atoms in total. The number of halogens is 3. The van der Waals surface area contributed by atoms with Crippen LogP contribution in [-0.2, 0) is 20.9 Å². The molecule has 0 bridgehead atoms. The minimum absolute atomic E-state index is 0.134. The Kier molecular flexibility index (Phi) is 6.26. The summed E-state index contributed by atoms with van der Waals surface area (Å²) in [6.45, 7) is 4.54. The van der Waals surface area contributed by atoms with Gasteiger partial charge in [0.2, 0.25) is 10.0 Å². The monoisotopic (exact) mass is 421 g/mol. The van der Waals surface area contributed by atoms with E-state index >= 15 is 0 Å². The van der Waals surface area contributed by atoms with Crippen molar-refractivity contribution in [1.82, 2.24) is 14.2 Å². The standard InChI is InChI=1S/C16H22F3N3O3SSi/c1-12-14(2-3-15(20-12)16(17,18)19)26(23,24)22-6-4-21(5-7-22)13-10-25-8-9-27-11-13/h2-3,13H,4-11H2,1H3. The zero-order valence-electron chi connectivity index (χ0n) is 15.0. The van der Waals surface area contributed by atoms with Gasteiger partial charge < -0.3 is 4.74 Å². The Bertz CT molecular complexity index is 760. The predicted molar refractivity (Wildman–Crippen MR) is 94.3 cm³/mol. The van der Waals surface area contributed by atoms with E-state index in [1.807, 2.05) is 0 Å². The molecule has 3 heterocycles. The fraction of sp³-hybridized carbons (Fsp3) is 0.688. The topological polar surface area (TPSA) is 62.7 Å². The number of piperazine rings is 1. The number of aryl methyl sites for hydroxylation is 1. The lowest BCUT2D eigenvalue weighted by molar-refractivity contribution is -0.141. The second-order valence-corrected chi connectivity index (χ2v) is 9.97. The van der Waals surface area contributed by atoms with Crippen molar-refractivity contribution in [3.63, 3.8) is 0 Å². The predicted octanol–water partition coefficient (Wildman–Crippen LogP) is 1.65. The number of sulfonamides is 1. The molecule has 1 unspecified atom stereocenters. The number of nitrogens with zero attached hydrogens (tertiary/aromatic N) is 3. The molecule has 0 spiro atoms. The Hall–Kier alpha value is -1.01. The van der Waals surface area contributed by atoms with E-state index in [4.69, 9.17) is 4.74 Å². The molecule has 2 saturated heterocycles. The van der Waals surface area contributed by atoms with Gasteiger partial charge in [-0.05, 0) is 31.1 Å². The molecule has 2 radical (unpaired) electrons. The molecule has 0 N–H and O–H groups in total. The van der Waals surface area contributed by atoms with Crippen molar-refractivity contribution in [3.8, 4) is 0 Å². The summed E-state index contributed by atoms with van der Waals surface area (Å²) in [5.74, 6) is 0. The highest BCUT2D eigenvalue weighted by molar-refractivity contribution is 7.89. The molecule has 150 valence electrons. The second-order valence-electron chi connectivity index (χ2n) is 6.65. The fourth-order valence-corrected chi connectivity index (χ4v) is 6.14. The van der Waals surface area contributed by atoms with E-state index in [-0.39, 0.29) is 10.6 Å². The maximum Gasteiger partial charge on any atom is 0.433 e. The first kappa shape index (κ1) is 20.7. The van der Waals surface area contributed by atoms with Gasteiger partial charge in [0.05, 0.1) is 12.3 Å².